The number of aliphatic hydroxyl groups is 1. The van der Waals surface area contributed by atoms with E-state index in [0.717, 1.165) is 58.0 Å². The van der Waals surface area contributed by atoms with E-state index in [-0.39, 0.29) is 34.7 Å². The van der Waals surface area contributed by atoms with E-state index >= 15 is 0 Å². The number of Topliss-reactive ketones (excluding diaryl/α,β-unsaturated/α-hetero) is 1. The summed E-state index contributed by atoms with van der Waals surface area (Å²) in [5.41, 5.74) is 6.35. The number of aliphatic hydroxyl groups excluding tert-OH is 1. The van der Waals surface area contributed by atoms with Crippen LogP contribution in [0, 0.1) is 35.5 Å². The molecule has 2 amide bonds. The molecule has 8 saturated carbocycles. The number of ketones is 1. The van der Waals surface area contributed by atoms with Gasteiger partial charge in [0.05, 0.1) is 0 Å². The molecule has 4 unspecified atom stereocenters. The quantitative estimate of drug-likeness (QED) is 0.515. The van der Waals surface area contributed by atoms with Crippen molar-refractivity contribution in [3.8, 4) is 0 Å². The Labute approximate surface area is 191 Å². The summed E-state index contributed by atoms with van der Waals surface area (Å²) in [6.45, 7) is 3.22. The Morgan fingerprint density at radius 2 is 1.19 bits per heavy atom. The zero-order chi connectivity index (χ0) is 23.3. The average Bonchev–Trinajstić information content (AvgIpc) is 2.69. The fourth-order valence-electron chi connectivity index (χ4n) is 8.86. The molecule has 7 heteroatoms. The predicted molar refractivity (Wildman–Crippen MR) is 121 cm³/mol. The second-order valence-corrected chi connectivity index (χ2v) is 11.7. The maximum absolute atomic E-state index is 11.9. The van der Waals surface area contributed by atoms with E-state index in [1.54, 1.807) is 13.8 Å². The zero-order valence-electron chi connectivity index (χ0n) is 19.9. The molecular weight excluding hydrogens is 406 g/mol. The highest BCUT2D eigenvalue weighted by Crippen LogP contribution is 2.55. The van der Waals surface area contributed by atoms with Gasteiger partial charge < -0.3 is 21.5 Å². The summed E-state index contributed by atoms with van der Waals surface area (Å²) in [6.07, 6.45) is 11.1. The monoisotopic (exact) mass is 447 g/mol. The van der Waals surface area contributed by atoms with Gasteiger partial charge in [0.15, 0.2) is 0 Å². The summed E-state index contributed by atoms with van der Waals surface area (Å²) in [6, 6.07) is 0.406. The molecule has 0 aromatic heterocycles. The van der Waals surface area contributed by atoms with E-state index in [9.17, 15) is 14.4 Å². The molecule has 0 radical (unpaired) electrons. The van der Waals surface area contributed by atoms with Crippen LogP contribution in [0.4, 0.5) is 0 Å². The average molecular weight is 448 g/mol. The maximum atomic E-state index is 11.9. The smallest absolute Gasteiger partial charge is 0.217 e. The topological polar surface area (TPSA) is 122 Å². The van der Waals surface area contributed by atoms with Crippen molar-refractivity contribution in [1.82, 2.24) is 10.6 Å². The summed E-state index contributed by atoms with van der Waals surface area (Å²) in [5, 5.41) is 13.3. The van der Waals surface area contributed by atoms with Gasteiger partial charge >= 0.3 is 0 Å². The number of nitrogens with two attached hydrogens (primary N) is 1. The Kier molecular flexibility index (Phi) is 6.45. The molecule has 0 spiro atoms. The molecule has 8 aliphatic carbocycles. The third-order valence-corrected chi connectivity index (χ3v) is 9.22. The van der Waals surface area contributed by atoms with Gasteiger partial charge in [0, 0.05) is 49.9 Å². The van der Waals surface area contributed by atoms with Crippen LogP contribution in [0.5, 0.6) is 0 Å². The van der Waals surface area contributed by atoms with Gasteiger partial charge in [-0.15, -0.1) is 0 Å². The van der Waals surface area contributed by atoms with Crippen LogP contribution in [0.3, 0.4) is 0 Å². The number of rotatable bonds is 2. The summed E-state index contributed by atoms with van der Waals surface area (Å²) < 4.78 is 0. The van der Waals surface area contributed by atoms with Gasteiger partial charge in [-0.2, -0.15) is 0 Å². The summed E-state index contributed by atoms with van der Waals surface area (Å²) in [7, 11) is 1.00. The van der Waals surface area contributed by atoms with E-state index in [4.69, 9.17) is 10.8 Å². The third-order valence-electron chi connectivity index (χ3n) is 9.22. The van der Waals surface area contributed by atoms with E-state index in [1.165, 1.54) is 19.3 Å². The molecule has 0 saturated heterocycles. The molecule has 8 rings (SSSR count). The maximum Gasteiger partial charge on any atom is 0.217 e. The lowest BCUT2D eigenvalue weighted by Crippen LogP contribution is -2.65. The van der Waals surface area contributed by atoms with E-state index < -0.39 is 0 Å². The Bertz CT molecular complexity index is 734. The first kappa shape index (κ1) is 23.7. The van der Waals surface area contributed by atoms with Crippen LogP contribution in [-0.4, -0.2) is 46.9 Å². The van der Waals surface area contributed by atoms with Crippen molar-refractivity contribution in [3.05, 3.63) is 0 Å². The second-order valence-electron chi connectivity index (χ2n) is 11.7. The normalized spacial score (nSPS) is 46.5. The lowest BCUT2D eigenvalue weighted by molar-refractivity contribution is -0.145. The molecule has 0 heterocycles. The van der Waals surface area contributed by atoms with Crippen molar-refractivity contribution in [1.29, 1.82) is 0 Å². The lowest BCUT2D eigenvalue weighted by atomic mass is 9.51. The van der Waals surface area contributed by atoms with Crippen LogP contribution in [0.25, 0.3) is 0 Å². The Morgan fingerprint density at radius 3 is 1.62 bits per heavy atom. The van der Waals surface area contributed by atoms with Crippen LogP contribution >= 0.6 is 0 Å². The number of amides is 2. The Morgan fingerprint density at radius 1 is 0.781 bits per heavy atom. The van der Waals surface area contributed by atoms with Gasteiger partial charge in [-0.1, -0.05) is 0 Å². The minimum Gasteiger partial charge on any atom is -0.400 e. The fraction of sp³-hybridized carbons (Fsp3) is 0.880. The Hall–Kier alpha value is -1.47. The van der Waals surface area contributed by atoms with E-state index in [0.29, 0.717) is 29.6 Å². The Balaban J connectivity index is 0.000000142. The number of nitrogens with one attached hydrogen (secondary N) is 2. The van der Waals surface area contributed by atoms with Gasteiger partial charge in [0.1, 0.15) is 5.78 Å². The molecule has 7 nitrogen and oxygen atoms in total. The molecule has 0 aromatic rings. The van der Waals surface area contributed by atoms with Gasteiger partial charge in [-0.25, -0.2) is 0 Å². The first-order chi connectivity index (χ1) is 15.2. The van der Waals surface area contributed by atoms with Crippen molar-refractivity contribution in [2.75, 3.05) is 7.11 Å². The lowest BCUT2D eigenvalue weighted by Gasteiger charge is -2.59. The minimum absolute atomic E-state index is 0.0176. The molecule has 8 fully saturated rings. The highest BCUT2D eigenvalue weighted by atomic mass is 16.2. The second kappa shape index (κ2) is 8.71. The van der Waals surface area contributed by atoms with Crippen LogP contribution in [-0.2, 0) is 14.4 Å². The van der Waals surface area contributed by atoms with Crippen LogP contribution in [0.2, 0.25) is 0 Å². The molecule has 5 N–H and O–H groups in total. The van der Waals surface area contributed by atoms with Gasteiger partial charge in [-0.05, 0) is 87.9 Å². The highest BCUT2D eigenvalue weighted by molar-refractivity contribution is 5.86. The van der Waals surface area contributed by atoms with Gasteiger partial charge in [0.2, 0.25) is 11.8 Å². The molecule has 8 aliphatic rings. The van der Waals surface area contributed by atoms with Crippen molar-refractivity contribution in [2.24, 2.45) is 41.2 Å². The number of carbonyl (C=O) groups is 3. The first-order valence-corrected chi connectivity index (χ1v) is 12.5. The first-order valence-electron chi connectivity index (χ1n) is 12.5. The molecule has 4 atom stereocenters. The molecule has 8 bridgehead atoms. The van der Waals surface area contributed by atoms with Crippen molar-refractivity contribution in [2.45, 2.75) is 95.2 Å². The van der Waals surface area contributed by atoms with Crippen molar-refractivity contribution < 1.29 is 19.5 Å². The summed E-state index contributed by atoms with van der Waals surface area (Å²) >= 11 is 0. The number of hydrogen-bond donors (Lipinski definition) is 4. The highest BCUT2D eigenvalue weighted by Gasteiger charge is 2.56. The molecular formula is C25H41N3O4. The van der Waals surface area contributed by atoms with Gasteiger partial charge in [0.25, 0.3) is 0 Å². The van der Waals surface area contributed by atoms with Crippen LogP contribution in [0.1, 0.15) is 78.1 Å². The largest absolute Gasteiger partial charge is 0.400 e. The predicted octanol–water partition coefficient (Wildman–Crippen LogP) is 1.91. The molecule has 0 aromatic carbocycles. The van der Waals surface area contributed by atoms with Crippen LogP contribution < -0.4 is 16.4 Å². The number of hydrogen-bond acceptors (Lipinski definition) is 5. The zero-order valence-corrected chi connectivity index (χ0v) is 19.9. The molecule has 180 valence electrons. The molecule has 0 aliphatic heterocycles. The SMILES string of the molecule is CC(=O)NC12CC3CC(C1)C(=O)C(C3)C2.CC(=O)NC12CC3CC(C1)C(N)C(C3)C2.CO. The standard InChI is InChI=1S/C12H20N2O.C12H17NO2.CH4O/c1-7(15)14-12-4-8-2-9(5-12)11(13)10(3-8)6-12;1-7(14)13-12-4-8-2-9(5-12)11(15)10(3-8)6-12;1-2/h8-11H,2-6,13H2,1H3,(H,14,15);8-10H,2-6H2,1H3,(H,13,14);2H,1H3. The van der Waals surface area contributed by atoms with E-state index in [2.05, 4.69) is 10.6 Å². The van der Waals surface area contributed by atoms with Crippen LogP contribution in [0.15, 0.2) is 0 Å². The van der Waals surface area contributed by atoms with E-state index in [1.807, 2.05) is 0 Å². The summed E-state index contributed by atoms with van der Waals surface area (Å²) in [4.78, 5) is 34.4. The minimum atomic E-state index is -0.0176. The summed E-state index contributed by atoms with van der Waals surface area (Å²) in [5.74, 6) is 4.03. The molecule has 32 heavy (non-hydrogen) atoms. The fourth-order valence-corrected chi connectivity index (χ4v) is 8.86. The third kappa shape index (κ3) is 4.35. The van der Waals surface area contributed by atoms with Crippen molar-refractivity contribution in [3.63, 3.8) is 0 Å². The number of carbonyl (C=O) groups excluding carboxylic acids is 3. The van der Waals surface area contributed by atoms with Crippen molar-refractivity contribution >= 4 is 17.6 Å². The van der Waals surface area contributed by atoms with Gasteiger partial charge in [-0.3, -0.25) is 14.4 Å².